The van der Waals surface area contributed by atoms with Gasteiger partial charge in [0.1, 0.15) is 11.5 Å². The summed E-state index contributed by atoms with van der Waals surface area (Å²) in [6.07, 6.45) is -3.50. The number of aromatic amines is 1. The topological polar surface area (TPSA) is 56.0 Å². The Balaban J connectivity index is 1.83. The third kappa shape index (κ3) is 3.93. The van der Waals surface area contributed by atoms with E-state index in [0.29, 0.717) is 22.9 Å². The second-order valence-electron chi connectivity index (χ2n) is 5.34. The van der Waals surface area contributed by atoms with Gasteiger partial charge < -0.3 is 9.15 Å². The highest BCUT2D eigenvalue weighted by Gasteiger charge is 2.30. The summed E-state index contributed by atoms with van der Waals surface area (Å²) in [5, 5.41) is 6.79. The lowest BCUT2D eigenvalue weighted by molar-refractivity contribution is -0.137. The van der Waals surface area contributed by atoms with E-state index in [9.17, 15) is 13.2 Å². The Morgan fingerprint density at radius 2 is 2.12 bits per heavy atom. The molecule has 0 aliphatic carbocycles. The summed E-state index contributed by atoms with van der Waals surface area (Å²) in [4.78, 5) is 0. The molecule has 0 aliphatic rings. The van der Waals surface area contributed by atoms with Crippen molar-refractivity contribution in [3.05, 3.63) is 64.6 Å². The Kier molecular flexibility index (Phi) is 4.67. The van der Waals surface area contributed by atoms with Crippen molar-refractivity contribution >= 4 is 12.2 Å². The second kappa shape index (κ2) is 6.75. The fourth-order valence-electron chi connectivity index (χ4n) is 2.35. The summed E-state index contributed by atoms with van der Waals surface area (Å²) >= 11 is 5.20. The van der Waals surface area contributed by atoms with E-state index in [2.05, 4.69) is 10.2 Å². The highest BCUT2D eigenvalue weighted by molar-refractivity contribution is 7.71. The molecule has 0 unspecified atom stereocenters. The number of rotatable bonds is 5. The van der Waals surface area contributed by atoms with Gasteiger partial charge in [-0.25, -0.2) is 0 Å². The van der Waals surface area contributed by atoms with Gasteiger partial charge in [0.2, 0.25) is 0 Å². The third-order valence-electron chi connectivity index (χ3n) is 3.52. The van der Waals surface area contributed by atoms with Crippen LogP contribution in [-0.4, -0.2) is 14.8 Å². The average Bonchev–Trinajstić information content (AvgIpc) is 3.18. The Hall–Kier alpha value is -2.55. The lowest BCUT2D eigenvalue weighted by Gasteiger charge is -2.16. The molecular weight excluding hydrogens is 355 g/mol. The predicted molar refractivity (Wildman–Crippen MR) is 85.7 cm³/mol. The average molecular weight is 369 g/mol. The SMILES string of the molecule is C[C@H](Oc1cccc(C(F)(F)F)c1)c1n[nH]c(=S)n1Cc1ccco1. The van der Waals surface area contributed by atoms with E-state index >= 15 is 0 Å². The summed E-state index contributed by atoms with van der Waals surface area (Å²) < 4.78 is 51.4. The van der Waals surface area contributed by atoms with E-state index in [1.807, 2.05) is 0 Å². The second-order valence-corrected chi connectivity index (χ2v) is 5.72. The van der Waals surface area contributed by atoms with Crippen LogP contribution in [-0.2, 0) is 12.7 Å². The molecule has 25 heavy (non-hydrogen) atoms. The van der Waals surface area contributed by atoms with Gasteiger partial charge in [0.05, 0.1) is 18.4 Å². The van der Waals surface area contributed by atoms with Gasteiger partial charge in [-0.2, -0.15) is 18.3 Å². The summed E-state index contributed by atoms with van der Waals surface area (Å²) in [5.41, 5.74) is -0.772. The van der Waals surface area contributed by atoms with Crippen LogP contribution < -0.4 is 4.74 Å². The van der Waals surface area contributed by atoms with Crippen LogP contribution in [0.2, 0.25) is 0 Å². The first-order chi connectivity index (χ1) is 11.8. The number of nitrogens with zero attached hydrogens (tertiary/aromatic N) is 2. The number of ether oxygens (including phenoxy) is 1. The molecule has 0 spiro atoms. The van der Waals surface area contributed by atoms with Gasteiger partial charge in [-0.1, -0.05) is 6.07 Å². The molecule has 0 saturated carbocycles. The quantitative estimate of drug-likeness (QED) is 0.660. The molecule has 1 aromatic carbocycles. The van der Waals surface area contributed by atoms with Gasteiger partial charge in [-0.05, 0) is 49.5 Å². The van der Waals surface area contributed by atoms with Gasteiger partial charge in [-0.3, -0.25) is 9.67 Å². The molecule has 2 heterocycles. The maximum Gasteiger partial charge on any atom is 0.416 e. The van der Waals surface area contributed by atoms with Crippen molar-refractivity contribution in [1.29, 1.82) is 0 Å². The van der Waals surface area contributed by atoms with Crippen LogP contribution >= 0.6 is 12.2 Å². The largest absolute Gasteiger partial charge is 0.483 e. The molecule has 132 valence electrons. The van der Waals surface area contributed by atoms with E-state index in [0.717, 1.165) is 12.1 Å². The van der Waals surface area contributed by atoms with Crippen molar-refractivity contribution in [3.63, 3.8) is 0 Å². The lowest BCUT2D eigenvalue weighted by atomic mass is 10.2. The number of aromatic nitrogens is 3. The van der Waals surface area contributed by atoms with Gasteiger partial charge >= 0.3 is 6.18 Å². The number of hydrogen-bond acceptors (Lipinski definition) is 4. The molecule has 0 saturated heterocycles. The number of H-pyrrole nitrogens is 1. The Morgan fingerprint density at radius 1 is 1.32 bits per heavy atom. The zero-order valence-corrected chi connectivity index (χ0v) is 13.9. The van der Waals surface area contributed by atoms with Crippen molar-refractivity contribution < 1.29 is 22.3 Å². The van der Waals surface area contributed by atoms with Crippen LogP contribution in [0, 0.1) is 4.77 Å². The van der Waals surface area contributed by atoms with Gasteiger partial charge in [0, 0.05) is 0 Å². The molecule has 2 aromatic heterocycles. The molecule has 0 fully saturated rings. The minimum atomic E-state index is -4.43. The van der Waals surface area contributed by atoms with Crippen LogP contribution in [0.1, 0.15) is 30.2 Å². The molecule has 0 bridgehead atoms. The van der Waals surface area contributed by atoms with Crippen molar-refractivity contribution in [2.24, 2.45) is 0 Å². The maximum absolute atomic E-state index is 12.8. The van der Waals surface area contributed by atoms with E-state index in [1.54, 1.807) is 29.9 Å². The molecular formula is C16H14F3N3O2S. The fourth-order valence-corrected chi connectivity index (χ4v) is 2.56. The smallest absolute Gasteiger partial charge is 0.416 e. The first-order valence-electron chi connectivity index (χ1n) is 7.36. The Labute approximate surface area is 146 Å². The molecule has 5 nitrogen and oxygen atoms in total. The van der Waals surface area contributed by atoms with Crippen molar-refractivity contribution in [2.75, 3.05) is 0 Å². The maximum atomic E-state index is 12.8. The minimum Gasteiger partial charge on any atom is -0.483 e. The van der Waals surface area contributed by atoms with Crippen LogP contribution in [0.5, 0.6) is 5.75 Å². The fraction of sp³-hybridized carbons (Fsp3) is 0.250. The van der Waals surface area contributed by atoms with E-state index < -0.39 is 17.8 Å². The Bertz CT molecular complexity index is 900. The normalized spacial score (nSPS) is 13.0. The standard InChI is InChI=1S/C16H14F3N3O2S/c1-10(24-12-5-2-4-11(8-12)16(17,18)19)14-20-21-15(25)22(14)9-13-6-3-7-23-13/h2-8,10H,9H2,1H3,(H,21,25)/t10-/m0/s1. The third-order valence-corrected chi connectivity index (χ3v) is 3.83. The molecule has 1 atom stereocenters. The number of alkyl halides is 3. The Morgan fingerprint density at radius 3 is 2.80 bits per heavy atom. The molecule has 0 radical (unpaired) electrons. The van der Waals surface area contributed by atoms with Crippen molar-refractivity contribution in [3.8, 4) is 5.75 Å². The van der Waals surface area contributed by atoms with Crippen molar-refractivity contribution in [2.45, 2.75) is 25.7 Å². The highest BCUT2D eigenvalue weighted by Crippen LogP contribution is 2.32. The minimum absolute atomic E-state index is 0.0980. The predicted octanol–water partition coefficient (Wildman–Crippen LogP) is 4.74. The molecule has 3 aromatic rings. The number of hydrogen-bond donors (Lipinski definition) is 1. The van der Waals surface area contributed by atoms with Crippen LogP contribution in [0.25, 0.3) is 0 Å². The summed E-state index contributed by atoms with van der Waals surface area (Å²) in [5.74, 6) is 1.23. The summed E-state index contributed by atoms with van der Waals surface area (Å²) in [7, 11) is 0. The van der Waals surface area contributed by atoms with Crippen LogP contribution in [0.3, 0.4) is 0 Å². The number of nitrogens with one attached hydrogen (secondary N) is 1. The zero-order chi connectivity index (χ0) is 18.0. The number of furan rings is 1. The molecule has 1 N–H and O–H groups in total. The molecule has 3 rings (SSSR count). The van der Waals surface area contributed by atoms with Gasteiger partial charge in [0.25, 0.3) is 0 Å². The first-order valence-corrected chi connectivity index (χ1v) is 7.77. The molecule has 0 amide bonds. The zero-order valence-electron chi connectivity index (χ0n) is 13.1. The van der Waals surface area contributed by atoms with Gasteiger partial charge in [-0.15, -0.1) is 0 Å². The van der Waals surface area contributed by atoms with Crippen LogP contribution in [0.15, 0.2) is 47.1 Å². The van der Waals surface area contributed by atoms with Gasteiger partial charge in [0.15, 0.2) is 16.7 Å². The molecule has 9 heteroatoms. The summed E-state index contributed by atoms with van der Waals surface area (Å²) in [6.45, 7) is 2.03. The lowest BCUT2D eigenvalue weighted by Crippen LogP contribution is -2.13. The van der Waals surface area contributed by atoms with E-state index in [4.69, 9.17) is 21.4 Å². The summed E-state index contributed by atoms with van der Waals surface area (Å²) in [6, 6.07) is 8.24. The molecule has 0 aliphatic heterocycles. The number of halogens is 3. The van der Waals surface area contributed by atoms with Crippen molar-refractivity contribution in [1.82, 2.24) is 14.8 Å². The first kappa shape index (κ1) is 17.3. The number of benzene rings is 1. The highest BCUT2D eigenvalue weighted by atomic mass is 32.1. The van der Waals surface area contributed by atoms with E-state index in [1.165, 1.54) is 12.1 Å². The monoisotopic (exact) mass is 369 g/mol. The van der Waals surface area contributed by atoms with Crippen LogP contribution in [0.4, 0.5) is 13.2 Å². The van der Waals surface area contributed by atoms with E-state index in [-0.39, 0.29) is 5.75 Å².